The van der Waals surface area contributed by atoms with Crippen LogP contribution in [0.25, 0.3) is 17.2 Å². The summed E-state index contributed by atoms with van der Waals surface area (Å²) in [6.45, 7) is 2.01. The molecule has 3 aromatic rings. The lowest BCUT2D eigenvalue weighted by molar-refractivity contribution is 1.29. The van der Waals surface area contributed by atoms with Crippen molar-refractivity contribution < 1.29 is 0 Å². The highest BCUT2D eigenvalue weighted by Gasteiger charge is 1.98. The van der Waals surface area contributed by atoms with E-state index in [1.807, 2.05) is 73.8 Å². The van der Waals surface area contributed by atoms with Gasteiger partial charge in [0.1, 0.15) is 5.69 Å². The highest BCUT2D eigenvalue weighted by atomic mass is 35.5. The predicted octanol–water partition coefficient (Wildman–Crippen LogP) is 6.44. The third-order valence-electron chi connectivity index (χ3n) is 3.81. The molecule has 0 aliphatic heterocycles. The van der Waals surface area contributed by atoms with Crippen LogP contribution in [0.4, 0.5) is 0 Å². The molecule has 0 radical (unpaired) electrons. The second-order valence-corrected chi connectivity index (χ2v) is 6.64. The SMILES string of the molecule is C/C(=C\c1ccc(C#Cc2ccc(-c3ccc(Cl)cc3)cn2)cc1)CCl. The van der Waals surface area contributed by atoms with E-state index in [0.29, 0.717) is 5.88 Å². The van der Waals surface area contributed by atoms with Crippen LogP contribution in [0.3, 0.4) is 0 Å². The Hall–Kier alpha value is -2.53. The second-order valence-electron chi connectivity index (χ2n) is 5.94. The van der Waals surface area contributed by atoms with Crippen LogP contribution in [0.5, 0.6) is 0 Å². The van der Waals surface area contributed by atoms with Crippen molar-refractivity contribution in [3.05, 3.63) is 94.3 Å². The van der Waals surface area contributed by atoms with Gasteiger partial charge in [-0.05, 0) is 54.3 Å². The monoisotopic (exact) mass is 377 g/mol. The molecule has 0 saturated heterocycles. The topological polar surface area (TPSA) is 12.9 Å². The summed E-state index contributed by atoms with van der Waals surface area (Å²) in [4.78, 5) is 4.43. The molecule has 2 aromatic carbocycles. The molecular weight excluding hydrogens is 361 g/mol. The minimum absolute atomic E-state index is 0.541. The van der Waals surface area contributed by atoms with E-state index in [9.17, 15) is 0 Å². The minimum atomic E-state index is 0.541. The molecule has 26 heavy (non-hydrogen) atoms. The zero-order valence-corrected chi connectivity index (χ0v) is 15.9. The Bertz CT molecular complexity index is 958. The number of hydrogen-bond donors (Lipinski definition) is 0. The van der Waals surface area contributed by atoms with Gasteiger partial charge in [0, 0.05) is 28.2 Å². The van der Waals surface area contributed by atoms with Crippen molar-refractivity contribution in [2.24, 2.45) is 0 Å². The predicted molar refractivity (Wildman–Crippen MR) is 111 cm³/mol. The molecule has 0 N–H and O–H groups in total. The summed E-state index contributed by atoms with van der Waals surface area (Å²) >= 11 is 11.7. The van der Waals surface area contributed by atoms with Crippen molar-refractivity contribution >= 4 is 29.3 Å². The van der Waals surface area contributed by atoms with Gasteiger partial charge < -0.3 is 0 Å². The average molecular weight is 378 g/mol. The summed E-state index contributed by atoms with van der Waals surface area (Å²) in [5.74, 6) is 6.79. The van der Waals surface area contributed by atoms with Gasteiger partial charge >= 0.3 is 0 Å². The number of nitrogens with zero attached hydrogens (tertiary/aromatic N) is 1. The molecule has 0 unspecified atom stereocenters. The Kier molecular flexibility index (Phi) is 6.12. The second kappa shape index (κ2) is 8.72. The van der Waals surface area contributed by atoms with Gasteiger partial charge in [-0.25, -0.2) is 4.98 Å². The van der Waals surface area contributed by atoms with Crippen LogP contribution in [-0.2, 0) is 0 Å². The van der Waals surface area contributed by atoms with Gasteiger partial charge in [-0.3, -0.25) is 0 Å². The molecule has 1 nitrogen and oxygen atoms in total. The summed E-state index contributed by atoms with van der Waals surface area (Å²) in [5, 5.41) is 0.725. The van der Waals surface area contributed by atoms with Gasteiger partial charge in [0.25, 0.3) is 0 Å². The summed E-state index contributed by atoms with van der Waals surface area (Å²) in [5.41, 5.74) is 6.07. The number of benzene rings is 2. The Morgan fingerprint density at radius 1 is 0.923 bits per heavy atom. The first-order chi connectivity index (χ1) is 12.6. The number of allylic oxidation sites excluding steroid dienone is 1. The number of halogens is 2. The zero-order valence-electron chi connectivity index (χ0n) is 14.3. The van der Waals surface area contributed by atoms with Gasteiger partial charge in [-0.2, -0.15) is 0 Å². The van der Waals surface area contributed by atoms with Gasteiger partial charge in [0.05, 0.1) is 0 Å². The Morgan fingerprint density at radius 2 is 1.62 bits per heavy atom. The first-order valence-corrected chi connectivity index (χ1v) is 9.12. The van der Waals surface area contributed by atoms with E-state index in [-0.39, 0.29) is 0 Å². The largest absolute Gasteiger partial charge is 0.247 e. The van der Waals surface area contributed by atoms with Crippen molar-refractivity contribution in [3.63, 3.8) is 0 Å². The van der Waals surface area contributed by atoms with Crippen LogP contribution in [-0.4, -0.2) is 10.9 Å². The van der Waals surface area contributed by atoms with E-state index < -0.39 is 0 Å². The minimum Gasteiger partial charge on any atom is -0.247 e. The van der Waals surface area contributed by atoms with Crippen molar-refractivity contribution in [2.45, 2.75) is 6.92 Å². The highest BCUT2D eigenvalue weighted by molar-refractivity contribution is 6.30. The van der Waals surface area contributed by atoms with E-state index in [4.69, 9.17) is 23.2 Å². The molecule has 0 aliphatic carbocycles. The summed E-state index contributed by atoms with van der Waals surface area (Å²) in [7, 11) is 0. The van der Waals surface area contributed by atoms with E-state index in [0.717, 1.165) is 38.5 Å². The maximum Gasteiger partial charge on any atom is 0.113 e. The van der Waals surface area contributed by atoms with Gasteiger partial charge in [-0.1, -0.05) is 59.5 Å². The molecule has 128 valence electrons. The van der Waals surface area contributed by atoms with Crippen molar-refractivity contribution in [3.8, 4) is 23.0 Å². The normalized spacial score (nSPS) is 11.0. The molecule has 0 bridgehead atoms. The first kappa shape index (κ1) is 18.3. The van der Waals surface area contributed by atoms with E-state index >= 15 is 0 Å². The standard InChI is InChI=1S/C23H17Cl2N/c1-17(15-24)14-19-4-2-18(3-5-19)6-12-23-13-9-21(16-26-23)20-7-10-22(25)11-8-20/h2-5,7-11,13-14,16H,15H2,1H3/b17-14+. The molecule has 0 atom stereocenters. The Labute approximate surface area is 164 Å². The molecular formula is C23H17Cl2N. The zero-order chi connectivity index (χ0) is 18.4. The van der Waals surface area contributed by atoms with Crippen LogP contribution < -0.4 is 0 Å². The molecule has 3 heteroatoms. The quantitative estimate of drug-likeness (QED) is 0.377. The maximum atomic E-state index is 5.92. The molecule has 1 heterocycles. The lowest BCUT2D eigenvalue weighted by atomic mass is 10.1. The summed E-state index contributed by atoms with van der Waals surface area (Å²) < 4.78 is 0. The van der Waals surface area contributed by atoms with Crippen LogP contribution in [0.15, 0.2) is 72.4 Å². The number of rotatable bonds is 3. The molecule has 0 saturated carbocycles. The van der Waals surface area contributed by atoms with Crippen molar-refractivity contribution in [1.29, 1.82) is 0 Å². The fraction of sp³-hybridized carbons (Fsp3) is 0.0870. The van der Waals surface area contributed by atoms with Crippen molar-refractivity contribution in [2.75, 3.05) is 5.88 Å². The Balaban J connectivity index is 1.73. The molecule has 0 spiro atoms. The fourth-order valence-electron chi connectivity index (χ4n) is 2.40. The molecule has 1 aromatic heterocycles. The van der Waals surface area contributed by atoms with Crippen LogP contribution in [0.2, 0.25) is 5.02 Å². The third-order valence-corrected chi connectivity index (χ3v) is 4.48. The highest BCUT2D eigenvalue weighted by Crippen LogP contribution is 2.20. The molecule has 0 fully saturated rings. The third kappa shape index (κ3) is 4.99. The van der Waals surface area contributed by atoms with E-state index in [2.05, 4.69) is 22.9 Å². The van der Waals surface area contributed by atoms with Gasteiger partial charge in [0.15, 0.2) is 0 Å². The first-order valence-electron chi connectivity index (χ1n) is 8.21. The lowest BCUT2D eigenvalue weighted by Gasteiger charge is -2.01. The number of hydrogen-bond acceptors (Lipinski definition) is 1. The van der Waals surface area contributed by atoms with Crippen LogP contribution in [0, 0.1) is 11.8 Å². The van der Waals surface area contributed by atoms with Gasteiger partial charge in [-0.15, -0.1) is 11.6 Å². The average Bonchev–Trinajstić information content (AvgIpc) is 2.68. The summed E-state index contributed by atoms with van der Waals surface area (Å²) in [6, 6.07) is 19.7. The molecule has 3 rings (SSSR count). The maximum absolute atomic E-state index is 5.92. The van der Waals surface area contributed by atoms with Crippen molar-refractivity contribution in [1.82, 2.24) is 4.98 Å². The lowest BCUT2D eigenvalue weighted by Crippen LogP contribution is -1.85. The van der Waals surface area contributed by atoms with Crippen LogP contribution >= 0.6 is 23.2 Å². The summed E-state index contributed by atoms with van der Waals surface area (Å²) in [6.07, 6.45) is 3.90. The number of aromatic nitrogens is 1. The number of alkyl halides is 1. The van der Waals surface area contributed by atoms with Gasteiger partial charge in [0.2, 0.25) is 0 Å². The van der Waals surface area contributed by atoms with E-state index in [1.54, 1.807) is 0 Å². The van der Waals surface area contributed by atoms with E-state index in [1.165, 1.54) is 0 Å². The van der Waals surface area contributed by atoms with Crippen LogP contribution in [0.1, 0.15) is 23.7 Å². The molecule has 0 amide bonds. The Morgan fingerprint density at radius 3 is 2.23 bits per heavy atom. The number of pyridine rings is 1. The smallest absolute Gasteiger partial charge is 0.113 e. The fourth-order valence-corrected chi connectivity index (χ4v) is 2.61. The molecule has 0 aliphatic rings.